The number of rotatable bonds is 14. The SMILES string of the molecule is CC[Si](CC)(CC)O[C@H]1CC([C@H](C)COC(C)=O)=C2[C@@H](O)[C@H](OCc3ccc(OC)cc3)[C@H](C)[C@@H]3CC[C@H](COC)/C3=C/[C@]21C. The van der Waals surface area contributed by atoms with Crippen molar-refractivity contribution < 1.29 is 33.3 Å². The van der Waals surface area contributed by atoms with Gasteiger partial charge in [0.1, 0.15) is 11.9 Å². The smallest absolute Gasteiger partial charge is 0.302 e. The van der Waals surface area contributed by atoms with Gasteiger partial charge in [-0.1, -0.05) is 64.0 Å². The Hall–Kier alpha value is -1.97. The number of fused-ring (bicyclic) bond motifs is 2. The number of carbonyl (C=O) groups excluding carboxylic acids is 1. The highest BCUT2D eigenvalue weighted by Crippen LogP contribution is 2.57. The first-order valence-electron chi connectivity index (χ1n) is 17.2. The lowest BCUT2D eigenvalue weighted by molar-refractivity contribution is -0.141. The summed E-state index contributed by atoms with van der Waals surface area (Å²) >= 11 is 0. The zero-order valence-corrected chi connectivity index (χ0v) is 30.2. The van der Waals surface area contributed by atoms with Crippen LogP contribution in [0.2, 0.25) is 18.1 Å². The van der Waals surface area contributed by atoms with Gasteiger partial charge in [-0.3, -0.25) is 4.79 Å². The van der Waals surface area contributed by atoms with Gasteiger partial charge in [0.15, 0.2) is 8.32 Å². The molecule has 1 aromatic carbocycles. The van der Waals surface area contributed by atoms with Gasteiger partial charge in [0, 0.05) is 31.3 Å². The van der Waals surface area contributed by atoms with Gasteiger partial charge in [-0.05, 0) is 79.4 Å². The highest BCUT2D eigenvalue weighted by molar-refractivity contribution is 6.73. The van der Waals surface area contributed by atoms with E-state index >= 15 is 0 Å². The lowest BCUT2D eigenvalue weighted by Gasteiger charge is -2.45. The van der Waals surface area contributed by atoms with Gasteiger partial charge in [0.25, 0.3) is 0 Å². The molecule has 3 aliphatic rings. The standard InChI is InChI=1S/C37H58O7Si/c1-10-45(11-2,12-3)44-33-19-31(24(4)21-42-26(6)38)34-35(39)36(43-22-27-13-16-29(41-9)17-14-27)25(5)30-18-15-28(23-40-8)32(30)20-37(33,34)7/h13-14,16-17,20,24-25,28,30,33,35-36,39H,10-12,15,18-19,21-23H2,1-9H3/b32-20-/t24-,25-,28-,30+,33+,35-,36-,37+/m1/s1. The minimum Gasteiger partial charge on any atom is -0.497 e. The molecule has 45 heavy (non-hydrogen) atoms. The van der Waals surface area contributed by atoms with E-state index in [0.717, 1.165) is 53.4 Å². The van der Waals surface area contributed by atoms with E-state index in [9.17, 15) is 9.90 Å². The molecule has 1 aromatic rings. The van der Waals surface area contributed by atoms with E-state index < -0.39 is 25.9 Å². The van der Waals surface area contributed by atoms with Gasteiger partial charge in [-0.15, -0.1) is 0 Å². The fraction of sp³-hybridized carbons (Fsp3) is 0.703. The van der Waals surface area contributed by atoms with Crippen molar-refractivity contribution in [3.63, 3.8) is 0 Å². The van der Waals surface area contributed by atoms with Crippen LogP contribution in [0.5, 0.6) is 5.75 Å². The van der Waals surface area contributed by atoms with Crippen molar-refractivity contribution in [2.75, 3.05) is 27.4 Å². The normalized spacial score (nSPS) is 31.8. The summed E-state index contributed by atoms with van der Waals surface area (Å²) < 4.78 is 30.8. The molecular formula is C37H58O7Si. The van der Waals surface area contributed by atoms with Crippen molar-refractivity contribution in [2.24, 2.45) is 29.1 Å². The Balaban J connectivity index is 1.85. The van der Waals surface area contributed by atoms with Crippen LogP contribution < -0.4 is 4.74 Å². The Bertz CT molecular complexity index is 1200. The van der Waals surface area contributed by atoms with E-state index in [1.54, 1.807) is 14.2 Å². The molecule has 0 radical (unpaired) electrons. The predicted octanol–water partition coefficient (Wildman–Crippen LogP) is 7.49. The summed E-state index contributed by atoms with van der Waals surface area (Å²) in [6.07, 6.45) is 3.95. The van der Waals surface area contributed by atoms with Crippen LogP contribution in [0.4, 0.5) is 0 Å². The molecule has 0 spiro atoms. The number of esters is 1. The van der Waals surface area contributed by atoms with Crippen LogP contribution in [-0.4, -0.2) is 65.1 Å². The van der Waals surface area contributed by atoms with Crippen LogP contribution in [0, 0.1) is 29.1 Å². The molecule has 1 fully saturated rings. The lowest BCUT2D eigenvalue weighted by atomic mass is 9.68. The largest absolute Gasteiger partial charge is 0.497 e. The molecule has 0 aromatic heterocycles. The molecule has 3 aliphatic carbocycles. The van der Waals surface area contributed by atoms with Gasteiger partial charge >= 0.3 is 5.97 Å². The van der Waals surface area contributed by atoms with E-state index in [-0.39, 0.29) is 36.4 Å². The summed E-state index contributed by atoms with van der Waals surface area (Å²) in [5, 5.41) is 12.6. The van der Waals surface area contributed by atoms with Gasteiger partial charge < -0.3 is 28.5 Å². The maximum Gasteiger partial charge on any atom is 0.302 e. The Morgan fingerprint density at radius 1 is 1.09 bits per heavy atom. The van der Waals surface area contributed by atoms with Crippen LogP contribution in [0.15, 0.2) is 47.1 Å². The number of methoxy groups -OCH3 is 2. The van der Waals surface area contributed by atoms with Crippen LogP contribution in [0.25, 0.3) is 0 Å². The monoisotopic (exact) mass is 642 g/mol. The number of benzene rings is 1. The molecular weight excluding hydrogens is 584 g/mol. The average molecular weight is 643 g/mol. The first-order chi connectivity index (χ1) is 21.5. The third kappa shape index (κ3) is 7.46. The quantitative estimate of drug-likeness (QED) is 0.128. The molecule has 0 aliphatic heterocycles. The topological polar surface area (TPSA) is 83.5 Å². The first kappa shape index (κ1) is 35.9. The first-order valence-corrected chi connectivity index (χ1v) is 19.7. The highest BCUT2D eigenvalue weighted by Gasteiger charge is 2.55. The van der Waals surface area contributed by atoms with Crippen molar-refractivity contribution in [3.8, 4) is 5.75 Å². The van der Waals surface area contributed by atoms with Gasteiger partial charge in [0.05, 0.1) is 39.1 Å². The fourth-order valence-electron chi connectivity index (χ4n) is 8.37. The molecule has 4 rings (SSSR count). The van der Waals surface area contributed by atoms with Gasteiger partial charge in [0.2, 0.25) is 0 Å². The van der Waals surface area contributed by atoms with Crippen LogP contribution in [-0.2, 0) is 30.0 Å². The molecule has 8 atom stereocenters. The molecule has 0 heterocycles. The molecule has 1 saturated carbocycles. The molecule has 252 valence electrons. The highest BCUT2D eigenvalue weighted by atomic mass is 28.4. The van der Waals surface area contributed by atoms with Crippen LogP contribution >= 0.6 is 0 Å². The van der Waals surface area contributed by atoms with Crippen molar-refractivity contribution in [1.82, 2.24) is 0 Å². The Morgan fingerprint density at radius 2 is 1.76 bits per heavy atom. The summed E-state index contributed by atoms with van der Waals surface area (Å²) in [4.78, 5) is 11.9. The predicted molar refractivity (Wildman–Crippen MR) is 181 cm³/mol. The summed E-state index contributed by atoms with van der Waals surface area (Å²) in [6.45, 7) is 16.3. The number of hydrogen-bond acceptors (Lipinski definition) is 7. The third-order valence-corrected chi connectivity index (χ3v) is 16.0. The second-order valence-electron chi connectivity index (χ2n) is 13.9. The molecule has 1 N–H and O–H groups in total. The second-order valence-corrected chi connectivity index (χ2v) is 18.6. The number of carbonyl (C=O) groups is 1. The average Bonchev–Trinajstić information content (AvgIpc) is 3.55. The van der Waals surface area contributed by atoms with Gasteiger partial charge in [-0.25, -0.2) is 0 Å². The van der Waals surface area contributed by atoms with Crippen molar-refractivity contribution >= 4 is 14.3 Å². The molecule has 7 nitrogen and oxygen atoms in total. The summed E-state index contributed by atoms with van der Waals surface area (Å²) in [5.74, 6) is 1.15. The molecule has 8 heteroatoms. The maximum absolute atomic E-state index is 12.6. The molecule has 0 unspecified atom stereocenters. The van der Waals surface area contributed by atoms with Crippen molar-refractivity contribution in [2.45, 2.75) is 111 Å². The Labute approximate surface area is 272 Å². The van der Waals surface area contributed by atoms with Crippen molar-refractivity contribution in [1.29, 1.82) is 0 Å². The van der Waals surface area contributed by atoms with Crippen LogP contribution in [0.1, 0.15) is 73.3 Å². The summed E-state index contributed by atoms with van der Waals surface area (Å²) in [7, 11) is 1.45. The minimum absolute atomic E-state index is 0.0584. The zero-order chi connectivity index (χ0) is 32.9. The van der Waals surface area contributed by atoms with E-state index in [1.807, 2.05) is 24.3 Å². The molecule has 0 bridgehead atoms. The Morgan fingerprint density at radius 3 is 2.33 bits per heavy atom. The maximum atomic E-state index is 12.6. The zero-order valence-electron chi connectivity index (χ0n) is 29.2. The molecule has 0 saturated heterocycles. The third-order valence-electron chi connectivity index (χ3n) is 11.4. The number of aliphatic hydroxyl groups excluding tert-OH is 1. The van der Waals surface area contributed by atoms with E-state index in [4.69, 9.17) is 23.4 Å². The van der Waals surface area contributed by atoms with Crippen LogP contribution in [0.3, 0.4) is 0 Å². The van der Waals surface area contributed by atoms with E-state index in [0.29, 0.717) is 25.6 Å². The summed E-state index contributed by atoms with van der Waals surface area (Å²) in [5.41, 5.74) is 4.08. The minimum atomic E-state index is -2.01. The lowest BCUT2D eigenvalue weighted by Crippen LogP contribution is -2.49. The fourth-order valence-corrected chi connectivity index (χ4v) is 11.3. The van der Waals surface area contributed by atoms with Gasteiger partial charge in [-0.2, -0.15) is 0 Å². The van der Waals surface area contributed by atoms with E-state index in [2.05, 4.69) is 47.6 Å². The Kier molecular flexibility index (Phi) is 12.2. The second kappa shape index (κ2) is 15.3. The summed E-state index contributed by atoms with van der Waals surface area (Å²) in [6, 6.07) is 11.1. The number of aliphatic hydroxyl groups is 1. The van der Waals surface area contributed by atoms with E-state index in [1.165, 1.54) is 12.5 Å². The molecule has 0 amide bonds. The van der Waals surface area contributed by atoms with Crippen molar-refractivity contribution in [3.05, 3.63) is 52.6 Å². The number of ether oxygens (including phenoxy) is 4. The number of hydrogen-bond donors (Lipinski definition) is 1.